The van der Waals surface area contributed by atoms with Gasteiger partial charge in [0.1, 0.15) is 19.7 Å². The van der Waals surface area contributed by atoms with Crippen LogP contribution in [-0.2, 0) is 19.1 Å². The summed E-state index contributed by atoms with van der Waals surface area (Å²) < 4.78 is 11.8. The first-order valence-electron chi connectivity index (χ1n) is 16.6. The van der Waals surface area contributed by atoms with Crippen molar-refractivity contribution in [3.63, 3.8) is 0 Å². The average Bonchev–Trinajstić information content (AvgIpc) is 2.89. The number of ether oxygens (including phenoxy) is 2. The van der Waals surface area contributed by atoms with E-state index in [1.165, 1.54) is 103 Å². The van der Waals surface area contributed by atoms with Crippen molar-refractivity contribution in [2.24, 2.45) is 0 Å². The molecule has 0 radical (unpaired) electrons. The van der Waals surface area contributed by atoms with E-state index in [-0.39, 0.29) is 49.1 Å². The third kappa shape index (κ3) is 29.1. The van der Waals surface area contributed by atoms with Crippen LogP contribution in [0.25, 0.3) is 0 Å². The van der Waals surface area contributed by atoms with Crippen LogP contribution >= 0.6 is 0 Å². The molecule has 1 unspecified atom stereocenters. The lowest BCUT2D eigenvalue weighted by Crippen LogP contribution is -3.00. The molecular formula is C33H66INO5. The first-order valence-corrected chi connectivity index (χ1v) is 16.6. The molecule has 0 aliphatic carbocycles. The first-order chi connectivity index (χ1) is 18.8. The van der Waals surface area contributed by atoms with Crippen molar-refractivity contribution in [1.29, 1.82) is 0 Å². The minimum atomic E-state index is -0.487. The van der Waals surface area contributed by atoms with E-state index >= 15 is 0 Å². The maximum absolute atomic E-state index is 12.5. The molecule has 6 nitrogen and oxygen atoms in total. The number of aliphatic hydroxyl groups excluding tert-OH is 1. The van der Waals surface area contributed by atoms with Crippen molar-refractivity contribution >= 4 is 11.9 Å². The van der Waals surface area contributed by atoms with Crippen molar-refractivity contribution in [3.8, 4) is 0 Å². The maximum Gasteiger partial charge on any atom is 0.306 e. The molecule has 0 aromatic heterocycles. The van der Waals surface area contributed by atoms with Crippen LogP contribution in [0.15, 0.2) is 0 Å². The Morgan fingerprint density at radius 3 is 1.40 bits per heavy atom. The van der Waals surface area contributed by atoms with Crippen molar-refractivity contribution in [1.82, 2.24) is 0 Å². The van der Waals surface area contributed by atoms with E-state index in [9.17, 15) is 14.7 Å². The minimum absolute atomic E-state index is 0. The summed E-state index contributed by atoms with van der Waals surface area (Å²) in [6, 6.07) is 0. The second-order valence-electron chi connectivity index (χ2n) is 12.2. The highest BCUT2D eigenvalue weighted by Gasteiger charge is 2.26. The zero-order valence-corrected chi connectivity index (χ0v) is 29.0. The monoisotopic (exact) mass is 683 g/mol. The predicted molar refractivity (Wildman–Crippen MR) is 163 cm³/mol. The van der Waals surface area contributed by atoms with Gasteiger partial charge in [0.2, 0.25) is 0 Å². The lowest BCUT2D eigenvalue weighted by molar-refractivity contribution is -0.893. The van der Waals surface area contributed by atoms with Gasteiger partial charge in [-0.05, 0) is 12.8 Å². The third-order valence-electron chi connectivity index (χ3n) is 7.60. The Bertz CT molecular complexity index is 573. The molecule has 0 aliphatic rings. The molecule has 0 heterocycles. The topological polar surface area (TPSA) is 72.8 Å². The number of esters is 2. The Balaban J connectivity index is 0. The van der Waals surface area contributed by atoms with Crippen LogP contribution in [-0.4, -0.2) is 68.0 Å². The smallest absolute Gasteiger partial charge is 0.306 e. The van der Waals surface area contributed by atoms with Crippen LogP contribution in [0.5, 0.6) is 0 Å². The average molecular weight is 684 g/mol. The number of quaternary nitrogens is 1. The summed E-state index contributed by atoms with van der Waals surface area (Å²) in [6.07, 6.45) is 24.9. The largest absolute Gasteiger partial charge is 1.00 e. The summed E-state index contributed by atoms with van der Waals surface area (Å²) in [7, 11) is 3.98. The third-order valence-corrected chi connectivity index (χ3v) is 7.60. The number of hydrogen-bond donors (Lipinski definition) is 1. The van der Waals surface area contributed by atoms with Gasteiger partial charge in [-0.25, -0.2) is 0 Å². The number of carbonyl (C=O) groups is 2. The van der Waals surface area contributed by atoms with E-state index in [1.807, 2.05) is 14.1 Å². The molecule has 1 atom stereocenters. The molecule has 7 heteroatoms. The van der Waals surface area contributed by atoms with Crippen LogP contribution in [0.2, 0.25) is 0 Å². The lowest BCUT2D eigenvalue weighted by Gasteiger charge is -2.32. The van der Waals surface area contributed by atoms with Gasteiger partial charge in [0.25, 0.3) is 0 Å². The van der Waals surface area contributed by atoms with Gasteiger partial charge >= 0.3 is 11.9 Å². The highest BCUT2D eigenvalue weighted by Crippen LogP contribution is 2.14. The zero-order valence-electron chi connectivity index (χ0n) is 26.9. The molecule has 0 saturated carbocycles. The van der Waals surface area contributed by atoms with Crippen molar-refractivity contribution in [2.75, 3.05) is 40.4 Å². The fraction of sp³-hybridized carbons (Fsp3) is 0.939. The molecule has 0 saturated heterocycles. The highest BCUT2D eigenvalue weighted by atomic mass is 127. The van der Waals surface area contributed by atoms with E-state index in [0.29, 0.717) is 30.4 Å². The first kappa shape index (κ1) is 41.7. The number of unbranched alkanes of at least 4 members (excludes halogenated alkanes) is 18. The number of hydrogen-bond acceptors (Lipinski definition) is 5. The summed E-state index contributed by atoms with van der Waals surface area (Å²) in [5, 5.41) is 9.39. The van der Waals surface area contributed by atoms with Gasteiger partial charge in [-0.15, -0.1) is 0 Å². The molecule has 0 aliphatic heterocycles. The summed E-state index contributed by atoms with van der Waals surface area (Å²) in [5.74, 6) is -0.424. The van der Waals surface area contributed by atoms with E-state index in [0.717, 1.165) is 25.7 Å². The lowest BCUT2D eigenvalue weighted by atomic mass is 10.1. The van der Waals surface area contributed by atoms with Crippen molar-refractivity contribution in [2.45, 2.75) is 161 Å². The number of halogens is 1. The molecular weight excluding hydrogens is 617 g/mol. The van der Waals surface area contributed by atoms with Crippen LogP contribution in [0.1, 0.15) is 155 Å². The Morgan fingerprint density at radius 1 is 0.625 bits per heavy atom. The normalized spacial score (nSPS) is 12.1. The molecule has 0 bridgehead atoms. The van der Waals surface area contributed by atoms with Crippen molar-refractivity contribution < 1.29 is 52.6 Å². The Hall–Kier alpha value is -0.410. The number of nitrogens with zero attached hydrogens (tertiary/aromatic N) is 1. The Morgan fingerprint density at radius 2 is 1.00 bits per heavy atom. The van der Waals surface area contributed by atoms with Crippen molar-refractivity contribution in [3.05, 3.63) is 0 Å². The number of likely N-dealkylation sites (N-methyl/N-ethyl adjacent to an activating group) is 1. The quantitative estimate of drug-likeness (QED) is 0.0513. The fourth-order valence-corrected chi connectivity index (χ4v) is 5.05. The zero-order chi connectivity index (χ0) is 29.0. The summed E-state index contributed by atoms with van der Waals surface area (Å²) >= 11 is 0. The van der Waals surface area contributed by atoms with Gasteiger partial charge < -0.3 is 43.0 Å². The second-order valence-corrected chi connectivity index (χ2v) is 12.2. The summed E-state index contributed by atoms with van der Waals surface area (Å²) in [4.78, 5) is 24.8. The number of rotatable bonds is 29. The van der Waals surface area contributed by atoms with E-state index in [1.54, 1.807) is 0 Å². The van der Waals surface area contributed by atoms with E-state index in [4.69, 9.17) is 9.47 Å². The molecule has 0 aromatic carbocycles. The molecule has 0 aromatic rings. The van der Waals surface area contributed by atoms with Crippen LogP contribution in [0.4, 0.5) is 0 Å². The highest BCUT2D eigenvalue weighted by molar-refractivity contribution is 5.70. The van der Waals surface area contributed by atoms with Gasteiger partial charge in [0, 0.05) is 12.8 Å². The molecule has 0 amide bonds. The van der Waals surface area contributed by atoms with Gasteiger partial charge in [0.05, 0.1) is 20.7 Å². The number of aliphatic hydroxyl groups is 1. The van der Waals surface area contributed by atoms with Gasteiger partial charge in [-0.3, -0.25) is 9.59 Å². The van der Waals surface area contributed by atoms with E-state index in [2.05, 4.69) is 13.8 Å². The molecule has 0 fully saturated rings. The number of carbonyl (C=O) groups excluding carboxylic acids is 2. The Labute approximate surface area is 265 Å². The minimum Gasteiger partial charge on any atom is -1.00 e. The summed E-state index contributed by atoms with van der Waals surface area (Å²) in [5.41, 5.74) is 0. The van der Waals surface area contributed by atoms with Crippen LogP contribution < -0.4 is 24.0 Å². The SMILES string of the molecule is CCCCCCCCCCCCCC(=O)OCC(C[N+](C)(C)CCO)OC(=O)CCCCCCCCCCC.[I-]. The van der Waals surface area contributed by atoms with Gasteiger partial charge in [0.15, 0.2) is 6.10 Å². The molecule has 1 N–H and O–H groups in total. The fourth-order valence-electron chi connectivity index (χ4n) is 5.05. The van der Waals surface area contributed by atoms with E-state index < -0.39 is 6.10 Å². The molecule has 40 heavy (non-hydrogen) atoms. The standard InChI is InChI=1S/C33H66NO5.HI/c1-5-7-9-11-13-15-16-18-19-21-23-25-32(36)38-30-31(29-34(3,4)27-28-35)39-33(37)26-24-22-20-17-14-12-10-8-6-2;/h31,35H,5-30H2,1-4H3;1H/q+1;/p-1. The second kappa shape index (κ2) is 30.1. The summed E-state index contributed by atoms with van der Waals surface area (Å²) in [6.45, 7) is 5.70. The predicted octanol–water partition coefficient (Wildman–Crippen LogP) is 5.14. The van der Waals surface area contributed by atoms with Gasteiger partial charge in [-0.2, -0.15) is 0 Å². The molecule has 0 spiro atoms. The van der Waals surface area contributed by atoms with Crippen LogP contribution in [0.3, 0.4) is 0 Å². The molecule has 240 valence electrons. The van der Waals surface area contributed by atoms with Crippen LogP contribution in [0, 0.1) is 0 Å². The van der Waals surface area contributed by atoms with Gasteiger partial charge in [-0.1, -0.05) is 129 Å². The molecule has 0 rings (SSSR count). The maximum atomic E-state index is 12.5. The Kier molecular flexibility index (Phi) is 31.4.